The predicted molar refractivity (Wildman–Crippen MR) is 104 cm³/mol. The number of carbonyl (C=O) groups excluding carboxylic acids is 1. The Bertz CT molecular complexity index is 989. The quantitative estimate of drug-likeness (QED) is 0.748. The van der Waals surface area contributed by atoms with Gasteiger partial charge in [0.1, 0.15) is 5.82 Å². The van der Waals surface area contributed by atoms with Crippen molar-refractivity contribution in [3.8, 4) is 0 Å². The van der Waals surface area contributed by atoms with Gasteiger partial charge in [0.2, 0.25) is 0 Å². The number of para-hydroxylation sites is 1. The molecule has 1 unspecified atom stereocenters. The van der Waals surface area contributed by atoms with Crippen LogP contribution < -0.4 is 10.2 Å². The Kier molecular flexibility index (Phi) is 4.59. The van der Waals surface area contributed by atoms with E-state index in [1.807, 2.05) is 30.0 Å². The molecular formula is C22H20FN3O. The van der Waals surface area contributed by atoms with E-state index in [0.29, 0.717) is 23.4 Å². The van der Waals surface area contributed by atoms with Crippen molar-refractivity contribution in [2.24, 2.45) is 0 Å². The number of hydrogen-bond donors (Lipinski definition) is 1. The molecule has 0 spiro atoms. The van der Waals surface area contributed by atoms with E-state index < -0.39 is 0 Å². The first kappa shape index (κ1) is 17.2. The van der Waals surface area contributed by atoms with Crippen molar-refractivity contribution in [3.05, 3.63) is 89.5 Å². The normalized spacial score (nSPS) is 15.5. The molecule has 2 aromatic carbocycles. The van der Waals surface area contributed by atoms with Gasteiger partial charge in [-0.05, 0) is 37.1 Å². The van der Waals surface area contributed by atoms with Crippen LogP contribution in [0.3, 0.4) is 0 Å². The fourth-order valence-corrected chi connectivity index (χ4v) is 3.51. The average Bonchev–Trinajstić information content (AvgIpc) is 3.02. The molecule has 0 bridgehead atoms. The maximum atomic E-state index is 13.8. The molecule has 3 aromatic rings. The van der Waals surface area contributed by atoms with Gasteiger partial charge in [-0.25, -0.2) is 4.39 Å². The number of nitrogens with one attached hydrogen (secondary N) is 1. The minimum absolute atomic E-state index is 0.0745. The minimum Gasteiger partial charge on any atom is -0.380 e. The standard InChI is InChI=1S/C22H20FN3O/c1-15-10-16-6-3-5-9-21(16)26(15)22(27)18-11-19(14-24-12-18)25-13-17-7-2-4-8-20(17)23/h2-9,11-12,14-15,25H,10,13H2,1H3. The molecule has 4 nitrogen and oxygen atoms in total. The summed E-state index contributed by atoms with van der Waals surface area (Å²) in [6.45, 7) is 2.38. The van der Waals surface area contributed by atoms with E-state index in [9.17, 15) is 9.18 Å². The van der Waals surface area contributed by atoms with Crippen molar-refractivity contribution < 1.29 is 9.18 Å². The largest absolute Gasteiger partial charge is 0.380 e. The summed E-state index contributed by atoms with van der Waals surface area (Å²) in [5.74, 6) is -0.331. The van der Waals surface area contributed by atoms with E-state index in [0.717, 1.165) is 12.1 Å². The third kappa shape index (κ3) is 3.40. The molecule has 1 aliphatic rings. The molecular weight excluding hydrogens is 341 g/mol. The molecule has 1 aromatic heterocycles. The van der Waals surface area contributed by atoms with Gasteiger partial charge in [0, 0.05) is 36.2 Å². The first-order valence-corrected chi connectivity index (χ1v) is 8.97. The first-order chi connectivity index (χ1) is 13.1. The number of anilines is 2. The Morgan fingerprint density at radius 3 is 2.81 bits per heavy atom. The number of halogens is 1. The van der Waals surface area contributed by atoms with Crippen LogP contribution in [0.15, 0.2) is 67.0 Å². The highest BCUT2D eigenvalue weighted by molar-refractivity contribution is 6.08. The fourth-order valence-electron chi connectivity index (χ4n) is 3.51. The number of pyridine rings is 1. The van der Waals surface area contributed by atoms with E-state index in [1.54, 1.807) is 36.7 Å². The summed E-state index contributed by atoms with van der Waals surface area (Å²) in [5.41, 5.74) is 3.90. The Balaban J connectivity index is 1.54. The molecule has 1 atom stereocenters. The van der Waals surface area contributed by atoms with Gasteiger partial charge in [0.05, 0.1) is 11.3 Å². The van der Waals surface area contributed by atoms with Gasteiger partial charge < -0.3 is 10.2 Å². The Labute approximate surface area is 157 Å². The smallest absolute Gasteiger partial charge is 0.260 e. The highest BCUT2D eigenvalue weighted by Crippen LogP contribution is 2.33. The Morgan fingerprint density at radius 1 is 1.19 bits per heavy atom. The van der Waals surface area contributed by atoms with Crippen LogP contribution in [0.25, 0.3) is 0 Å². The van der Waals surface area contributed by atoms with Gasteiger partial charge in [-0.1, -0.05) is 36.4 Å². The lowest BCUT2D eigenvalue weighted by Crippen LogP contribution is -2.35. The second-order valence-electron chi connectivity index (χ2n) is 6.76. The zero-order valence-electron chi connectivity index (χ0n) is 15.0. The highest BCUT2D eigenvalue weighted by Gasteiger charge is 2.31. The Morgan fingerprint density at radius 2 is 1.96 bits per heavy atom. The van der Waals surface area contributed by atoms with Crippen LogP contribution in [0, 0.1) is 5.82 Å². The molecule has 0 radical (unpaired) electrons. The molecule has 136 valence electrons. The maximum Gasteiger partial charge on any atom is 0.260 e. The van der Waals surface area contributed by atoms with Gasteiger partial charge in [-0.2, -0.15) is 0 Å². The number of rotatable bonds is 4. The van der Waals surface area contributed by atoms with Crippen LogP contribution in [0.1, 0.15) is 28.4 Å². The van der Waals surface area contributed by atoms with E-state index in [1.165, 1.54) is 11.6 Å². The molecule has 0 fully saturated rings. The monoisotopic (exact) mass is 361 g/mol. The number of aromatic nitrogens is 1. The van der Waals surface area contributed by atoms with Crippen molar-refractivity contribution in [2.45, 2.75) is 25.9 Å². The van der Waals surface area contributed by atoms with Crippen molar-refractivity contribution in [3.63, 3.8) is 0 Å². The van der Waals surface area contributed by atoms with Crippen LogP contribution in [0.4, 0.5) is 15.8 Å². The first-order valence-electron chi connectivity index (χ1n) is 8.97. The number of fused-ring (bicyclic) bond motifs is 1. The van der Waals surface area contributed by atoms with E-state index in [2.05, 4.69) is 16.4 Å². The molecule has 0 saturated carbocycles. The minimum atomic E-state index is -0.257. The maximum absolute atomic E-state index is 13.8. The van der Waals surface area contributed by atoms with Crippen molar-refractivity contribution in [2.75, 3.05) is 10.2 Å². The second kappa shape index (κ2) is 7.19. The molecule has 1 amide bonds. The summed E-state index contributed by atoms with van der Waals surface area (Å²) in [7, 11) is 0. The summed E-state index contributed by atoms with van der Waals surface area (Å²) in [4.78, 5) is 19.1. The zero-order chi connectivity index (χ0) is 18.8. The number of nitrogens with zero attached hydrogens (tertiary/aromatic N) is 2. The SMILES string of the molecule is CC1Cc2ccccc2N1C(=O)c1cncc(NCc2ccccc2F)c1. The molecule has 0 saturated heterocycles. The number of amides is 1. The number of carbonyl (C=O) groups is 1. The number of hydrogen-bond acceptors (Lipinski definition) is 3. The zero-order valence-corrected chi connectivity index (χ0v) is 15.0. The predicted octanol–water partition coefficient (Wildman–Crippen LogP) is 4.42. The van der Waals surface area contributed by atoms with Crippen LogP contribution in [-0.2, 0) is 13.0 Å². The molecule has 1 N–H and O–H groups in total. The Hall–Kier alpha value is -3.21. The lowest BCUT2D eigenvalue weighted by Gasteiger charge is -2.23. The van der Waals surface area contributed by atoms with E-state index >= 15 is 0 Å². The van der Waals surface area contributed by atoms with Gasteiger partial charge in [-0.3, -0.25) is 9.78 Å². The molecule has 27 heavy (non-hydrogen) atoms. The van der Waals surface area contributed by atoms with E-state index in [-0.39, 0.29) is 17.8 Å². The molecule has 1 aliphatic heterocycles. The van der Waals surface area contributed by atoms with Crippen molar-refractivity contribution in [1.29, 1.82) is 0 Å². The fraction of sp³-hybridized carbons (Fsp3) is 0.182. The summed E-state index contributed by atoms with van der Waals surface area (Å²) in [6.07, 6.45) is 4.06. The lowest BCUT2D eigenvalue weighted by atomic mass is 10.1. The van der Waals surface area contributed by atoms with Crippen LogP contribution >= 0.6 is 0 Å². The summed E-state index contributed by atoms with van der Waals surface area (Å²) >= 11 is 0. The molecule has 2 heterocycles. The summed E-state index contributed by atoms with van der Waals surface area (Å²) in [5, 5.41) is 3.14. The topological polar surface area (TPSA) is 45.2 Å². The van der Waals surface area contributed by atoms with Crippen LogP contribution in [-0.4, -0.2) is 16.9 Å². The van der Waals surface area contributed by atoms with Gasteiger partial charge in [0.25, 0.3) is 5.91 Å². The summed E-state index contributed by atoms with van der Waals surface area (Å²) in [6, 6.07) is 16.5. The van der Waals surface area contributed by atoms with E-state index in [4.69, 9.17) is 0 Å². The molecule has 5 heteroatoms. The lowest BCUT2D eigenvalue weighted by molar-refractivity contribution is 0.0981. The highest BCUT2D eigenvalue weighted by atomic mass is 19.1. The van der Waals surface area contributed by atoms with Crippen molar-refractivity contribution in [1.82, 2.24) is 4.98 Å². The molecule has 4 rings (SSSR count). The average molecular weight is 361 g/mol. The second-order valence-corrected chi connectivity index (χ2v) is 6.76. The summed E-state index contributed by atoms with van der Waals surface area (Å²) < 4.78 is 13.8. The molecule has 0 aliphatic carbocycles. The van der Waals surface area contributed by atoms with Gasteiger partial charge >= 0.3 is 0 Å². The van der Waals surface area contributed by atoms with Crippen molar-refractivity contribution >= 4 is 17.3 Å². The van der Waals surface area contributed by atoms with Gasteiger partial charge in [0.15, 0.2) is 0 Å². The van der Waals surface area contributed by atoms with Gasteiger partial charge in [-0.15, -0.1) is 0 Å². The van der Waals surface area contributed by atoms with Crippen LogP contribution in [0.2, 0.25) is 0 Å². The van der Waals surface area contributed by atoms with Crippen LogP contribution in [0.5, 0.6) is 0 Å². The third-order valence-corrected chi connectivity index (χ3v) is 4.85. The third-order valence-electron chi connectivity index (χ3n) is 4.85. The number of benzene rings is 2.